The van der Waals surface area contributed by atoms with Gasteiger partial charge in [0.15, 0.2) is 6.10 Å². The van der Waals surface area contributed by atoms with Crippen molar-refractivity contribution in [1.82, 2.24) is 5.32 Å². The van der Waals surface area contributed by atoms with E-state index < -0.39 is 12.1 Å². The van der Waals surface area contributed by atoms with Gasteiger partial charge in [-0.1, -0.05) is 0 Å². The molecule has 0 aromatic rings. The third-order valence-corrected chi connectivity index (χ3v) is 2.07. The van der Waals surface area contributed by atoms with Crippen molar-refractivity contribution in [3.05, 3.63) is 0 Å². The van der Waals surface area contributed by atoms with Crippen LogP contribution in [0.5, 0.6) is 0 Å². The molecule has 10 heavy (non-hydrogen) atoms. The summed E-state index contributed by atoms with van der Waals surface area (Å²) in [6.07, 6.45) is 0.404. The van der Waals surface area contributed by atoms with Crippen molar-refractivity contribution in [2.75, 3.05) is 6.54 Å². The molecule has 2 aliphatic rings. The Kier molecular flexibility index (Phi) is 1.18. The van der Waals surface area contributed by atoms with E-state index in [-0.39, 0.29) is 12.1 Å². The number of carbonyl (C=O) groups is 1. The molecule has 0 aromatic heterocycles. The first-order chi connectivity index (χ1) is 4.77. The molecule has 3 atom stereocenters. The molecule has 3 unspecified atom stereocenters. The Balaban J connectivity index is 2.08. The van der Waals surface area contributed by atoms with Gasteiger partial charge in [-0.15, -0.1) is 0 Å². The number of fused-ring (bicyclic) bond motifs is 2. The van der Waals surface area contributed by atoms with Crippen LogP contribution in [-0.2, 0) is 9.53 Å². The van der Waals surface area contributed by atoms with Gasteiger partial charge in [0.2, 0.25) is 0 Å². The van der Waals surface area contributed by atoms with Gasteiger partial charge in [0.05, 0.1) is 6.10 Å². The van der Waals surface area contributed by atoms with Crippen LogP contribution in [0.25, 0.3) is 0 Å². The van der Waals surface area contributed by atoms with Crippen molar-refractivity contribution in [2.24, 2.45) is 0 Å². The number of morpholine rings is 1. The first-order valence-electron chi connectivity index (χ1n) is 3.39. The third-order valence-electron chi connectivity index (χ3n) is 2.07. The highest BCUT2D eigenvalue weighted by atomic mass is 16.5. The second-order valence-electron chi connectivity index (χ2n) is 2.77. The van der Waals surface area contributed by atoms with E-state index in [1.165, 1.54) is 0 Å². The maximum Gasteiger partial charge on any atom is 0.334 e. The molecular formula is C6H9NO3. The summed E-state index contributed by atoms with van der Waals surface area (Å²) in [6, 6.07) is 0.0579. The molecule has 2 aliphatic heterocycles. The van der Waals surface area contributed by atoms with Crippen LogP contribution < -0.4 is 5.32 Å². The minimum absolute atomic E-state index is 0.0579. The zero-order valence-corrected chi connectivity index (χ0v) is 5.41. The molecule has 0 aliphatic carbocycles. The Morgan fingerprint density at radius 3 is 2.80 bits per heavy atom. The summed E-state index contributed by atoms with van der Waals surface area (Å²) in [5.41, 5.74) is 0. The second kappa shape index (κ2) is 1.93. The van der Waals surface area contributed by atoms with E-state index >= 15 is 0 Å². The molecule has 4 heteroatoms. The van der Waals surface area contributed by atoms with Crippen LogP contribution in [0.3, 0.4) is 0 Å². The van der Waals surface area contributed by atoms with E-state index in [1.807, 2.05) is 0 Å². The van der Waals surface area contributed by atoms with E-state index in [0.717, 1.165) is 13.0 Å². The molecular weight excluding hydrogens is 134 g/mol. The van der Waals surface area contributed by atoms with Crippen LogP contribution in [0.15, 0.2) is 0 Å². The molecule has 0 amide bonds. The Labute approximate surface area is 58.2 Å². The number of ether oxygens (including phenoxy) is 1. The highest BCUT2D eigenvalue weighted by Gasteiger charge is 2.44. The number of carboxylic acids is 1. The lowest BCUT2D eigenvalue weighted by Crippen LogP contribution is -2.43. The average Bonchev–Trinajstić information content (AvgIpc) is 2.44. The Morgan fingerprint density at radius 1 is 1.70 bits per heavy atom. The standard InChI is InChI=1S/C6H9NO3/c8-6(9)5-4-1-3(10-5)2-7-4/h3-5,7H,1-2H2,(H,8,9). The van der Waals surface area contributed by atoms with E-state index in [1.54, 1.807) is 0 Å². The number of carboxylic acid groups (broad SMARTS) is 1. The van der Waals surface area contributed by atoms with E-state index in [9.17, 15) is 4.79 Å². The first-order valence-corrected chi connectivity index (χ1v) is 3.39. The largest absolute Gasteiger partial charge is 0.479 e. The molecule has 2 rings (SSSR count). The zero-order valence-electron chi connectivity index (χ0n) is 5.41. The number of aliphatic carboxylic acids is 1. The summed E-state index contributed by atoms with van der Waals surface area (Å²) in [5.74, 6) is -0.847. The Hall–Kier alpha value is -0.610. The summed E-state index contributed by atoms with van der Waals surface area (Å²) in [7, 11) is 0. The highest BCUT2D eigenvalue weighted by Crippen LogP contribution is 2.25. The summed E-state index contributed by atoms with van der Waals surface area (Å²) in [6.45, 7) is 0.814. The second-order valence-corrected chi connectivity index (χ2v) is 2.77. The molecule has 2 saturated heterocycles. The number of rotatable bonds is 1. The maximum absolute atomic E-state index is 10.4. The summed E-state index contributed by atoms with van der Waals surface area (Å²) < 4.78 is 5.16. The molecule has 2 fully saturated rings. The molecule has 2 bridgehead atoms. The molecule has 4 nitrogen and oxygen atoms in total. The SMILES string of the molecule is O=C(O)C1OC2CNC1C2. The van der Waals surface area contributed by atoms with Gasteiger partial charge in [0.25, 0.3) is 0 Å². The predicted molar refractivity (Wildman–Crippen MR) is 32.7 cm³/mol. The molecule has 0 spiro atoms. The lowest BCUT2D eigenvalue weighted by molar-refractivity contribution is -0.152. The van der Waals surface area contributed by atoms with Gasteiger partial charge in [-0.05, 0) is 6.42 Å². The number of hydrogen-bond acceptors (Lipinski definition) is 3. The molecule has 0 saturated carbocycles. The van der Waals surface area contributed by atoms with Crippen molar-refractivity contribution in [2.45, 2.75) is 24.7 Å². The fraction of sp³-hybridized carbons (Fsp3) is 0.833. The van der Waals surface area contributed by atoms with Gasteiger partial charge in [0.1, 0.15) is 0 Å². The monoisotopic (exact) mass is 143 g/mol. The zero-order chi connectivity index (χ0) is 7.14. The molecule has 0 aromatic carbocycles. The van der Waals surface area contributed by atoms with Crippen LogP contribution in [-0.4, -0.2) is 35.9 Å². The van der Waals surface area contributed by atoms with Gasteiger partial charge in [-0.2, -0.15) is 0 Å². The third kappa shape index (κ3) is 0.726. The van der Waals surface area contributed by atoms with Crippen molar-refractivity contribution in [3.63, 3.8) is 0 Å². The topological polar surface area (TPSA) is 58.6 Å². The van der Waals surface area contributed by atoms with Crippen LogP contribution in [0.2, 0.25) is 0 Å². The lowest BCUT2D eigenvalue weighted by Gasteiger charge is -2.18. The van der Waals surface area contributed by atoms with Crippen molar-refractivity contribution in [1.29, 1.82) is 0 Å². The fourth-order valence-corrected chi connectivity index (χ4v) is 1.60. The van der Waals surface area contributed by atoms with E-state index in [4.69, 9.17) is 9.84 Å². The predicted octanol–water partition coefficient (Wildman–Crippen LogP) is -0.800. The van der Waals surface area contributed by atoms with Crippen molar-refractivity contribution >= 4 is 5.97 Å². The van der Waals surface area contributed by atoms with E-state index in [2.05, 4.69) is 5.32 Å². The normalized spacial score (nSPS) is 44.2. The van der Waals surface area contributed by atoms with E-state index in [0.29, 0.717) is 0 Å². The van der Waals surface area contributed by atoms with Gasteiger partial charge in [-0.3, -0.25) is 0 Å². The van der Waals surface area contributed by atoms with Crippen LogP contribution >= 0.6 is 0 Å². The smallest absolute Gasteiger partial charge is 0.334 e. The van der Waals surface area contributed by atoms with Gasteiger partial charge >= 0.3 is 5.97 Å². The minimum atomic E-state index is -0.847. The quantitative estimate of drug-likeness (QED) is 0.504. The average molecular weight is 143 g/mol. The summed E-state index contributed by atoms with van der Waals surface area (Å²) in [4.78, 5) is 10.4. The Bertz CT molecular complexity index is 170. The van der Waals surface area contributed by atoms with Crippen molar-refractivity contribution < 1.29 is 14.6 Å². The first kappa shape index (κ1) is 6.12. The van der Waals surface area contributed by atoms with Gasteiger partial charge < -0.3 is 15.2 Å². The molecule has 56 valence electrons. The molecule has 2 heterocycles. The van der Waals surface area contributed by atoms with Gasteiger partial charge in [-0.25, -0.2) is 4.79 Å². The molecule has 0 radical (unpaired) electrons. The number of nitrogens with one attached hydrogen (secondary N) is 1. The summed E-state index contributed by atoms with van der Waals surface area (Å²) in [5, 5.41) is 11.7. The fourth-order valence-electron chi connectivity index (χ4n) is 1.60. The highest BCUT2D eigenvalue weighted by molar-refractivity contribution is 5.74. The van der Waals surface area contributed by atoms with Crippen LogP contribution in [0, 0.1) is 0 Å². The molecule has 2 N–H and O–H groups in total. The van der Waals surface area contributed by atoms with Gasteiger partial charge in [0, 0.05) is 12.6 Å². The maximum atomic E-state index is 10.4. The summed E-state index contributed by atoms with van der Waals surface area (Å²) >= 11 is 0. The lowest BCUT2D eigenvalue weighted by atomic mass is 10.1. The Morgan fingerprint density at radius 2 is 2.50 bits per heavy atom. The van der Waals surface area contributed by atoms with Crippen LogP contribution in [0.4, 0.5) is 0 Å². The van der Waals surface area contributed by atoms with Crippen molar-refractivity contribution in [3.8, 4) is 0 Å². The minimum Gasteiger partial charge on any atom is -0.479 e. The van der Waals surface area contributed by atoms with Crippen LogP contribution in [0.1, 0.15) is 6.42 Å². The number of hydrogen-bond donors (Lipinski definition) is 2.